The summed E-state index contributed by atoms with van der Waals surface area (Å²) in [5, 5.41) is 6.77. The van der Waals surface area contributed by atoms with Crippen LogP contribution >= 0.6 is 0 Å². The Kier molecular flexibility index (Phi) is 5.09. The van der Waals surface area contributed by atoms with Crippen LogP contribution in [0.2, 0.25) is 0 Å². The molecule has 1 atom stereocenters. The Bertz CT molecular complexity index is 1270. The predicted molar refractivity (Wildman–Crippen MR) is 120 cm³/mol. The van der Waals surface area contributed by atoms with Crippen molar-refractivity contribution in [3.63, 3.8) is 0 Å². The third-order valence-corrected chi connectivity index (χ3v) is 6.42. The molecule has 2 aromatic carbocycles. The lowest BCUT2D eigenvalue weighted by Gasteiger charge is -2.34. The van der Waals surface area contributed by atoms with Crippen LogP contribution in [-0.4, -0.2) is 41.8 Å². The average molecular weight is 461 g/mol. The number of anilines is 1. The first kappa shape index (κ1) is 20.6. The van der Waals surface area contributed by atoms with Crippen LogP contribution in [0.25, 0.3) is 0 Å². The van der Waals surface area contributed by atoms with E-state index in [4.69, 9.17) is 18.7 Å². The molecule has 2 amide bonds. The Hall–Kier alpha value is -4.01. The van der Waals surface area contributed by atoms with Crippen LogP contribution in [0.4, 0.5) is 5.69 Å². The number of rotatable bonds is 4. The molecular weight excluding hydrogens is 438 g/mol. The number of fused-ring (bicyclic) bond motifs is 2. The number of ether oxygens (including phenoxy) is 3. The van der Waals surface area contributed by atoms with Gasteiger partial charge in [-0.25, -0.2) is 0 Å². The predicted octanol–water partition coefficient (Wildman–Crippen LogP) is 3.96. The van der Waals surface area contributed by atoms with Crippen LogP contribution in [0.3, 0.4) is 0 Å². The summed E-state index contributed by atoms with van der Waals surface area (Å²) in [7, 11) is 0. The van der Waals surface area contributed by atoms with Gasteiger partial charge in [0.15, 0.2) is 23.0 Å². The summed E-state index contributed by atoms with van der Waals surface area (Å²) in [5.74, 6) is 2.12. The zero-order valence-corrected chi connectivity index (χ0v) is 18.4. The van der Waals surface area contributed by atoms with Crippen LogP contribution in [0.1, 0.15) is 57.5 Å². The third-order valence-electron chi connectivity index (χ3n) is 6.42. The quantitative estimate of drug-likeness (QED) is 0.627. The van der Waals surface area contributed by atoms with Gasteiger partial charge in [0.2, 0.25) is 6.79 Å². The Labute approximate surface area is 195 Å². The van der Waals surface area contributed by atoms with Gasteiger partial charge in [0, 0.05) is 36.3 Å². The second-order valence-electron chi connectivity index (χ2n) is 8.57. The second kappa shape index (κ2) is 8.40. The largest absolute Gasteiger partial charge is 0.493 e. The molecule has 6 rings (SSSR count). The van der Waals surface area contributed by atoms with Crippen LogP contribution in [0, 0.1) is 0 Å². The monoisotopic (exact) mass is 461 g/mol. The number of benzene rings is 2. The van der Waals surface area contributed by atoms with Crippen molar-refractivity contribution in [3.05, 3.63) is 65.0 Å². The summed E-state index contributed by atoms with van der Waals surface area (Å²) in [4.78, 5) is 28.0. The lowest BCUT2D eigenvalue weighted by atomic mass is 9.98. The molecule has 0 radical (unpaired) electrons. The highest BCUT2D eigenvalue weighted by Gasteiger charge is 2.32. The lowest BCUT2D eigenvalue weighted by molar-refractivity contribution is 0.0569. The molecule has 0 spiro atoms. The maximum Gasteiger partial charge on any atom is 0.277 e. The van der Waals surface area contributed by atoms with E-state index in [9.17, 15) is 9.59 Å². The molecule has 3 aromatic rings. The number of carbonyl (C=O) groups is 2. The number of piperidine rings is 1. The summed E-state index contributed by atoms with van der Waals surface area (Å²) in [6.07, 6.45) is 3.44. The van der Waals surface area contributed by atoms with Crippen molar-refractivity contribution in [2.75, 3.05) is 25.3 Å². The van der Waals surface area contributed by atoms with Gasteiger partial charge >= 0.3 is 0 Å². The van der Waals surface area contributed by atoms with E-state index in [-0.39, 0.29) is 24.4 Å². The number of nitrogens with zero attached hydrogens (tertiary/aromatic N) is 2. The Balaban J connectivity index is 1.19. The number of hydrogen-bond donors (Lipinski definition) is 1. The summed E-state index contributed by atoms with van der Waals surface area (Å²) in [6.45, 7) is 1.43. The molecule has 0 saturated carbocycles. The Morgan fingerprint density at radius 2 is 1.85 bits per heavy atom. The number of likely N-dealkylation sites (tertiary alicyclic amines) is 1. The fraction of sp³-hybridized carbons (Fsp3) is 0.320. The van der Waals surface area contributed by atoms with Crippen molar-refractivity contribution in [1.29, 1.82) is 0 Å². The fourth-order valence-electron chi connectivity index (χ4n) is 4.68. The first-order valence-corrected chi connectivity index (χ1v) is 11.4. The summed E-state index contributed by atoms with van der Waals surface area (Å²) < 4.78 is 21.8. The number of amides is 2. The van der Waals surface area contributed by atoms with Crippen molar-refractivity contribution >= 4 is 17.5 Å². The minimum atomic E-state index is -0.402. The molecule has 1 saturated heterocycles. The van der Waals surface area contributed by atoms with E-state index in [0.29, 0.717) is 41.7 Å². The normalized spacial score (nSPS) is 18.4. The van der Waals surface area contributed by atoms with Gasteiger partial charge in [-0.3, -0.25) is 9.59 Å². The standard InChI is InChI=1S/C25H23N3O6/c29-24(26-17-5-7-21-23(12-17)33-14-32-21)18-13-22(34-27-18)19-3-1-2-9-28(19)25(30)16-4-6-20-15(11-16)8-10-31-20/h4-7,11-13,19H,1-3,8-10,14H2,(H,26,29). The van der Waals surface area contributed by atoms with Gasteiger partial charge in [0.25, 0.3) is 11.8 Å². The van der Waals surface area contributed by atoms with Gasteiger partial charge in [0.05, 0.1) is 12.6 Å². The van der Waals surface area contributed by atoms with E-state index < -0.39 is 5.91 Å². The van der Waals surface area contributed by atoms with Crippen molar-refractivity contribution < 1.29 is 28.3 Å². The molecule has 0 bridgehead atoms. The Morgan fingerprint density at radius 1 is 0.971 bits per heavy atom. The molecule has 1 aromatic heterocycles. The van der Waals surface area contributed by atoms with Crippen LogP contribution in [0.5, 0.6) is 17.2 Å². The summed E-state index contributed by atoms with van der Waals surface area (Å²) >= 11 is 0. The molecule has 4 heterocycles. The fourth-order valence-corrected chi connectivity index (χ4v) is 4.68. The average Bonchev–Trinajstić information content (AvgIpc) is 3.63. The molecule has 1 fully saturated rings. The van der Waals surface area contributed by atoms with Crippen molar-refractivity contribution in [1.82, 2.24) is 10.1 Å². The molecule has 1 unspecified atom stereocenters. The van der Waals surface area contributed by atoms with Crippen molar-refractivity contribution in [2.45, 2.75) is 31.7 Å². The molecule has 3 aliphatic rings. The van der Waals surface area contributed by atoms with E-state index in [0.717, 1.165) is 37.0 Å². The SMILES string of the molecule is O=C(Nc1ccc2c(c1)OCO2)c1cc(C2CCCCN2C(=O)c2ccc3c(c2)CCO3)on1. The zero-order valence-electron chi connectivity index (χ0n) is 18.4. The maximum atomic E-state index is 13.4. The number of hydrogen-bond acceptors (Lipinski definition) is 7. The van der Waals surface area contributed by atoms with E-state index in [1.165, 1.54) is 0 Å². The summed E-state index contributed by atoms with van der Waals surface area (Å²) in [6, 6.07) is 12.1. The molecule has 9 nitrogen and oxygen atoms in total. The molecular formula is C25H23N3O6. The highest BCUT2D eigenvalue weighted by molar-refractivity contribution is 6.03. The van der Waals surface area contributed by atoms with Gasteiger partial charge < -0.3 is 29.0 Å². The van der Waals surface area contributed by atoms with E-state index in [2.05, 4.69) is 10.5 Å². The van der Waals surface area contributed by atoms with Crippen LogP contribution in [-0.2, 0) is 6.42 Å². The molecule has 34 heavy (non-hydrogen) atoms. The molecule has 174 valence electrons. The highest BCUT2D eigenvalue weighted by Crippen LogP contribution is 2.36. The first-order valence-electron chi connectivity index (χ1n) is 11.4. The van der Waals surface area contributed by atoms with Crippen LogP contribution in [0.15, 0.2) is 47.0 Å². The van der Waals surface area contributed by atoms with E-state index in [1.807, 2.05) is 23.1 Å². The second-order valence-corrected chi connectivity index (χ2v) is 8.57. The van der Waals surface area contributed by atoms with Crippen molar-refractivity contribution in [3.8, 4) is 17.2 Å². The van der Waals surface area contributed by atoms with Crippen LogP contribution < -0.4 is 19.5 Å². The third kappa shape index (κ3) is 3.72. The van der Waals surface area contributed by atoms with E-state index >= 15 is 0 Å². The zero-order chi connectivity index (χ0) is 23.1. The first-order chi connectivity index (χ1) is 16.7. The highest BCUT2D eigenvalue weighted by atomic mass is 16.7. The minimum absolute atomic E-state index is 0.0536. The Morgan fingerprint density at radius 3 is 2.79 bits per heavy atom. The molecule has 0 aliphatic carbocycles. The number of carbonyl (C=O) groups excluding carboxylic acids is 2. The van der Waals surface area contributed by atoms with Gasteiger partial charge in [-0.1, -0.05) is 5.16 Å². The smallest absolute Gasteiger partial charge is 0.277 e. The molecule has 1 N–H and O–H groups in total. The summed E-state index contributed by atoms with van der Waals surface area (Å²) in [5.41, 5.74) is 2.41. The number of aromatic nitrogens is 1. The topological polar surface area (TPSA) is 103 Å². The lowest BCUT2D eigenvalue weighted by Crippen LogP contribution is -2.38. The minimum Gasteiger partial charge on any atom is -0.493 e. The van der Waals surface area contributed by atoms with E-state index in [1.54, 1.807) is 24.3 Å². The number of nitrogens with one attached hydrogen (secondary N) is 1. The van der Waals surface area contributed by atoms with Gasteiger partial charge in [0.1, 0.15) is 5.75 Å². The molecule has 3 aliphatic heterocycles. The van der Waals surface area contributed by atoms with Gasteiger partial charge in [-0.05, 0) is 55.2 Å². The van der Waals surface area contributed by atoms with Crippen molar-refractivity contribution in [2.24, 2.45) is 0 Å². The molecule has 9 heteroatoms. The maximum absolute atomic E-state index is 13.4. The van der Waals surface area contributed by atoms with Gasteiger partial charge in [-0.2, -0.15) is 0 Å². The van der Waals surface area contributed by atoms with Gasteiger partial charge in [-0.15, -0.1) is 0 Å².